The average Bonchev–Trinajstić information content (AvgIpc) is 3.72. The highest BCUT2D eigenvalue weighted by molar-refractivity contribution is 9.10. The maximum Gasteiger partial charge on any atom is 0.421 e. The SMILES string of the molecule is Cc1cc(C(C)(C)C)cc(C)c1B1N(c2ccccc2)c2ccc(N(c3ccc(C(C)(C)C)cc3)c3cc(C(C)(C)C)cc(Oc4cccc(N(c5ccccc5)c5ccccc5)c4)c3Br)cc2N1c1ccccc1. The summed E-state index contributed by atoms with van der Waals surface area (Å²) in [4.78, 5) is 9.75. The highest BCUT2D eigenvalue weighted by Crippen LogP contribution is 2.52. The molecule has 5 nitrogen and oxygen atoms in total. The molecule has 0 saturated heterocycles. The average molecular weight is 1050 g/mol. The smallest absolute Gasteiger partial charge is 0.421 e. The summed E-state index contributed by atoms with van der Waals surface area (Å²) in [6, 6.07) is 76.6. The first-order valence-corrected chi connectivity index (χ1v) is 27.0. The van der Waals surface area contributed by atoms with Gasteiger partial charge in [-0.3, -0.25) is 0 Å². The normalized spacial score (nSPS) is 12.7. The molecule has 0 saturated carbocycles. The van der Waals surface area contributed by atoms with Crippen LogP contribution < -0.4 is 29.6 Å². The van der Waals surface area contributed by atoms with Crippen molar-refractivity contribution >= 4 is 85.2 Å². The topological polar surface area (TPSA) is 22.2 Å². The molecule has 0 bridgehead atoms. The molecule has 10 rings (SSSR count). The van der Waals surface area contributed by atoms with Gasteiger partial charge in [-0.05, 0) is 171 Å². The van der Waals surface area contributed by atoms with Crippen molar-refractivity contribution in [1.82, 2.24) is 0 Å². The summed E-state index contributed by atoms with van der Waals surface area (Å²) in [5, 5.41) is 0. The molecule has 0 fully saturated rings. The Morgan fingerprint density at radius 2 is 0.840 bits per heavy atom. The minimum atomic E-state index is -0.224. The van der Waals surface area contributed by atoms with Gasteiger partial charge in [-0.1, -0.05) is 177 Å². The molecule has 376 valence electrons. The lowest BCUT2D eigenvalue weighted by Crippen LogP contribution is -2.55. The van der Waals surface area contributed by atoms with Crippen LogP contribution in [0.2, 0.25) is 0 Å². The molecule has 0 aromatic heterocycles. The van der Waals surface area contributed by atoms with E-state index < -0.39 is 0 Å². The Labute approximate surface area is 455 Å². The third kappa shape index (κ3) is 10.4. The number of para-hydroxylation sites is 4. The zero-order valence-electron chi connectivity index (χ0n) is 45.4. The van der Waals surface area contributed by atoms with Crippen LogP contribution in [-0.4, -0.2) is 6.98 Å². The van der Waals surface area contributed by atoms with E-state index in [-0.39, 0.29) is 23.2 Å². The van der Waals surface area contributed by atoms with Gasteiger partial charge in [-0.25, -0.2) is 0 Å². The van der Waals surface area contributed by atoms with Crippen molar-refractivity contribution in [2.24, 2.45) is 0 Å². The zero-order valence-corrected chi connectivity index (χ0v) is 46.9. The van der Waals surface area contributed by atoms with Gasteiger partial charge >= 0.3 is 6.98 Å². The number of rotatable bonds is 11. The Morgan fingerprint density at radius 3 is 1.36 bits per heavy atom. The number of hydrogen-bond acceptors (Lipinski definition) is 5. The number of ether oxygens (including phenoxy) is 1. The van der Waals surface area contributed by atoms with Crippen LogP contribution in [0.15, 0.2) is 217 Å². The molecule has 7 heteroatoms. The van der Waals surface area contributed by atoms with Crippen LogP contribution in [0.4, 0.5) is 56.9 Å². The summed E-state index contributed by atoms with van der Waals surface area (Å²) < 4.78 is 7.99. The van der Waals surface area contributed by atoms with Crippen molar-refractivity contribution in [3.8, 4) is 11.5 Å². The van der Waals surface area contributed by atoms with Crippen molar-refractivity contribution in [3.63, 3.8) is 0 Å². The van der Waals surface area contributed by atoms with Gasteiger partial charge in [0.2, 0.25) is 0 Å². The second-order valence-electron chi connectivity index (χ2n) is 23.0. The minimum absolute atomic E-state index is 0.00775. The number of fused-ring (bicyclic) bond motifs is 1. The number of benzene rings is 9. The quantitative estimate of drug-likeness (QED) is 0.120. The number of hydrogen-bond donors (Lipinski definition) is 0. The highest BCUT2D eigenvalue weighted by atomic mass is 79.9. The predicted molar refractivity (Wildman–Crippen MR) is 325 cm³/mol. The lowest BCUT2D eigenvalue weighted by Gasteiger charge is -2.33. The third-order valence-corrected chi connectivity index (χ3v) is 15.3. The molecule has 0 unspecified atom stereocenters. The molecule has 1 aliphatic heterocycles. The summed E-state index contributed by atoms with van der Waals surface area (Å²) in [6.07, 6.45) is 0. The van der Waals surface area contributed by atoms with E-state index in [4.69, 9.17) is 4.74 Å². The van der Waals surface area contributed by atoms with Crippen molar-refractivity contribution < 1.29 is 4.74 Å². The van der Waals surface area contributed by atoms with E-state index in [0.717, 1.165) is 78.4 Å². The van der Waals surface area contributed by atoms with Crippen LogP contribution in [0.25, 0.3) is 0 Å². The summed E-state index contributed by atoms with van der Waals surface area (Å²) in [5.41, 5.74) is 18.0. The Balaban J connectivity index is 1.17. The molecular weight excluding hydrogens is 979 g/mol. The Bertz CT molecular complexity index is 3390. The van der Waals surface area contributed by atoms with Crippen molar-refractivity contribution in [3.05, 3.63) is 245 Å². The highest BCUT2D eigenvalue weighted by Gasteiger charge is 2.46. The number of aryl methyl sites for hydroxylation is 2. The second kappa shape index (κ2) is 20.3. The van der Waals surface area contributed by atoms with E-state index in [1.807, 2.05) is 6.07 Å². The van der Waals surface area contributed by atoms with E-state index in [1.165, 1.54) is 27.7 Å². The van der Waals surface area contributed by atoms with E-state index >= 15 is 0 Å². The molecule has 75 heavy (non-hydrogen) atoms. The van der Waals surface area contributed by atoms with Gasteiger partial charge in [0.15, 0.2) is 0 Å². The Hall–Kier alpha value is -7.48. The first-order valence-electron chi connectivity index (χ1n) is 26.2. The second-order valence-corrected chi connectivity index (χ2v) is 23.8. The standard InChI is InChI=1S/C68H68BBrN4O/c1-47-41-50(67(6,7)8)42-48(2)64(47)69-73(55-29-20-14-21-30-55)60-40-39-58(46-61(60)74(69)56-31-22-15-23-32-56)72(54-37-35-49(36-38-54)66(3,4)5)62-43-51(68(9,10)11)44-63(65(62)70)75-59-34-24-33-57(45-59)71(52-25-16-12-17-26-52)53-27-18-13-19-28-53/h12-46H,1-11H3. The first-order chi connectivity index (χ1) is 35.8. The lowest BCUT2D eigenvalue weighted by atomic mass is 9.60. The van der Waals surface area contributed by atoms with Crippen molar-refractivity contribution in [2.75, 3.05) is 19.4 Å². The monoisotopic (exact) mass is 1050 g/mol. The Morgan fingerprint density at radius 1 is 0.400 bits per heavy atom. The molecule has 1 heterocycles. The van der Waals surface area contributed by atoms with E-state index in [1.54, 1.807) is 0 Å². The van der Waals surface area contributed by atoms with E-state index in [0.29, 0.717) is 0 Å². The first kappa shape index (κ1) is 51.0. The van der Waals surface area contributed by atoms with Crippen LogP contribution in [-0.2, 0) is 16.2 Å². The lowest BCUT2D eigenvalue weighted by molar-refractivity contribution is 0.476. The molecule has 0 atom stereocenters. The van der Waals surface area contributed by atoms with Gasteiger partial charge < -0.3 is 24.2 Å². The maximum absolute atomic E-state index is 7.15. The molecule has 0 radical (unpaired) electrons. The number of anilines is 10. The largest absolute Gasteiger partial charge is 0.456 e. The van der Waals surface area contributed by atoms with Gasteiger partial charge in [0.05, 0.1) is 21.5 Å². The van der Waals surface area contributed by atoms with Crippen LogP contribution in [0.5, 0.6) is 11.5 Å². The van der Waals surface area contributed by atoms with Gasteiger partial charge in [0, 0.05) is 45.9 Å². The molecule has 0 spiro atoms. The summed E-state index contributed by atoms with van der Waals surface area (Å²) in [6.45, 7) is 24.9. The molecular formula is C68H68BBrN4O. The van der Waals surface area contributed by atoms with Gasteiger partial charge in [0.1, 0.15) is 11.5 Å². The van der Waals surface area contributed by atoms with Gasteiger partial charge in [-0.2, -0.15) is 0 Å². The van der Waals surface area contributed by atoms with Crippen LogP contribution >= 0.6 is 15.9 Å². The minimum Gasteiger partial charge on any atom is -0.456 e. The number of nitrogens with zero attached hydrogens (tertiary/aromatic N) is 4. The molecule has 9 aromatic rings. The fraction of sp³-hybridized carbons (Fsp3) is 0.206. The molecule has 0 amide bonds. The zero-order chi connectivity index (χ0) is 52.8. The Kier molecular flexibility index (Phi) is 13.8. The van der Waals surface area contributed by atoms with Crippen LogP contribution in [0.1, 0.15) is 90.1 Å². The number of halogens is 1. The summed E-state index contributed by atoms with van der Waals surface area (Å²) in [7, 11) is 0. The predicted octanol–water partition coefficient (Wildman–Crippen LogP) is 19.4. The van der Waals surface area contributed by atoms with Crippen LogP contribution in [0.3, 0.4) is 0 Å². The van der Waals surface area contributed by atoms with Crippen molar-refractivity contribution in [2.45, 2.75) is 92.4 Å². The summed E-state index contributed by atoms with van der Waals surface area (Å²) >= 11 is 4.23. The third-order valence-electron chi connectivity index (χ3n) is 14.5. The fourth-order valence-electron chi connectivity index (χ4n) is 10.4. The molecule has 1 aliphatic rings. The van der Waals surface area contributed by atoms with Gasteiger partial charge in [-0.15, -0.1) is 0 Å². The fourth-order valence-corrected chi connectivity index (χ4v) is 10.9. The van der Waals surface area contributed by atoms with Crippen LogP contribution in [0, 0.1) is 13.8 Å². The maximum atomic E-state index is 7.15. The van der Waals surface area contributed by atoms with E-state index in [2.05, 4.69) is 318 Å². The summed E-state index contributed by atoms with van der Waals surface area (Å²) in [5.74, 6) is 1.45. The molecule has 9 aromatic carbocycles. The molecule has 0 aliphatic carbocycles. The van der Waals surface area contributed by atoms with Crippen molar-refractivity contribution in [1.29, 1.82) is 0 Å². The van der Waals surface area contributed by atoms with E-state index in [9.17, 15) is 0 Å². The van der Waals surface area contributed by atoms with Gasteiger partial charge in [0.25, 0.3) is 0 Å². The molecule has 0 N–H and O–H groups in total.